The summed E-state index contributed by atoms with van der Waals surface area (Å²) in [4.78, 5) is 22.9. The Bertz CT molecular complexity index is 706. The molecule has 10 heteroatoms. The van der Waals surface area contributed by atoms with Gasteiger partial charge in [-0.2, -0.15) is 0 Å². The number of nitrogens with zero attached hydrogens (tertiary/aromatic N) is 2. The molecule has 0 atom stereocenters. The fourth-order valence-electron chi connectivity index (χ4n) is 1.68. The summed E-state index contributed by atoms with van der Waals surface area (Å²) in [6.07, 6.45) is 0. The van der Waals surface area contributed by atoms with E-state index in [1.165, 1.54) is 23.1 Å². The smallest absolute Gasteiger partial charge is 0.321 e. The van der Waals surface area contributed by atoms with Crippen molar-refractivity contribution in [3.8, 4) is 5.75 Å². The number of ether oxygens (including phenoxy) is 1. The number of urea groups is 1. The highest BCUT2D eigenvalue weighted by Gasteiger charge is 2.11. The Labute approximate surface area is 158 Å². The van der Waals surface area contributed by atoms with E-state index in [-0.39, 0.29) is 11.7 Å². The summed E-state index contributed by atoms with van der Waals surface area (Å²) in [6.45, 7) is 2.25. The number of hydrogen-bond acceptors (Lipinski definition) is 8. The maximum Gasteiger partial charge on any atom is 0.321 e. The van der Waals surface area contributed by atoms with E-state index in [0.717, 1.165) is 21.4 Å². The van der Waals surface area contributed by atoms with Gasteiger partial charge in [-0.1, -0.05) is 47.0 Å². The van der Waals surface area contributed by atoms with Crippen molar-refractivity contribution in [2.24, 2.45) is 0 Å². The van der Waals surface area contributed by atoms with Crippen LogP contribution in [0.1, 0.15) is 12.5 Å². The van der Waals surface area contributed by atoms with E-state index < -0.39 is 6.03 Å². The first-order valence-corrected chi connectivity index (χ1v) is 10.2. The van der Waals surface area contributed by atoms with Crippen LogP contribution in [0.25, 0.3) is 0 Å². The summed E-state index contributed by atoms with van der Waals surface area (Å²) in [5.41, 5.74) is 1.16. The number of amides is 3. The normalized spacial score (nSPS) is 10.3. The van der Waals surface area contributed by atoms with Gasteiger partial charge in [-0.15, -0.1) is 10.2 Å². The molecule has 0 saturated heterocycles. The number of methoxy groups -OCH3 is 1. The molecule has 0 aliphatic rings. The minimum Gasteiger partial charge on any atom is -0.497 e. The first kappa shape index (κ1) is 19.5. The Hall–Kier alpha value is -1.78. The third-order valence-corrected chi connectivity index (χ3v) is 6.09. The quantitative estimate of drug-likeness (QED) is 0.661. The number of nitrogens with one attached hydrogen (secondary N) is 2. The van der Waals surface area contributed by atoms with E-state index in [9.17, 15) is 9.59 Å². The van der Waals surface area contributed by atoms with Crippen LogP contribution in [0.4, 0.5) is 4.79 Å². The van der Waals surface area contributed by atoms with E-state index in [1.54, 1.807) is 25.8 Å². The fraction of sp³-hybridized carbons (Fsp3) is 0.333. The molecule has 25 heavy (non-hydrogen) atoms. The first-order chi connectivity index (χ1) is 12.1. The van der Waals surface area contributed by atoms with Gasteiger partial charge in [-0.25, -0.2) is 4.79 Å². The van der Waals surface area contributed by atoms with Crippen molar-refractivity contribution >= 4 is 46.8 Å². The van der Waals surface area contributed by atoms with Gasteiger partial charge >= 0.3 is 6.03 Å². The average Bonchev–Trinajstić information content (AvgIpc) is 3.07. The minimum atomic E-state index is -0.485. The highest BCUT2D eigenvalue weighted by atomic mass is 32.2. The van der Waals surface area contributed by atoms with Crippen molar-refractivity contribution in [1.29, 1.82) is 0 Å². The van der Waals surface area contributed by atoms with Crippen LogP contribution in [-0.2, 0) is 10.5 Å². The highest BCUT2D eigenvalue weighted by Crippen LogP contribution is 2.30. The second-order valence-electron chi connectivity index (χ2n) is 4.67. The molecule has 0 spiro atoms. The lowest BCUT2D eigenvalue weighted by atomic mass is 10.2. The summed E-state index contributed by atoms with van der Waals surface area (Å²) >= 11 is 4.27. The molecule has 0 radical (unpaired) electrons. The Kier molecular flexibility index (Phi) is 8.02. The maximum atomic E-state index is 11.6. The summed E-state index contributed by atoms with van der Waals surface area (Å²) < 4.78 is 6.66. The summed E-state index contributed by atoms with van der Waals surface area (Å²) in [5, 5.41) is 12.9. The summed E-state index contributed by atoms with van der Waals surface area (Å²) in [6, 6.07) is 7.37. The Morgan fingerprint density at radius 3 is 2.48 bits per heavy atom. The predicted octanol–water partition coefficient (Wildman–Crippen LogP) is 2.78. The molecule has 3 amide bonds. The zero-order valence-corrected chi connectivity index (χ0v) is 16.2. The van der Waals surface area contributed by atoms with Crippen LogP contribution < -0.4 is 15.4 Å². The number of thioether (sulfide) groups is 2. The molecule has 2 aromatic rings. The molecule has 0 bridgehead atoms. The molecule has 2 rings (SSSR count). The third kappa shape index (κ3) is 6.92. The van der Waals surface area contributed by atoms with E-state index >= 15 is 0 Å². The van der Waals surface area contributed by atoms with Gasteiger partial charge in [-0.05, 0) is 24.6 Å². The van der Waals surface area contributed by atoms with Crippen molar-refractivity contribution in [3.63, 3.8) is 0 Å². The van der Waals surface area contributed by atoms with Crippen molar-refractivity contribution in [2.45, 2.75) is 21.4 Å². The van der Waals surface area contributed by atoms with Crippen LogP contribution >= 0.6 is 34.9 Å². The van der Waals surface area contributed by atoms with Crippen LogP contribution in [0.15, 0.2) is 32.9 Å². The van der Waals surface area contributed by atoms with Gasteiger partial charge in [0.2, 0.25) is 5.91 Å². The zero-order chi connectivity index (χ0) is 18.1. The van der Waals surface area contributed by atoms with Gasteiger partial charge < -0.3 is 10.1 Å². The van der Waals surface area contributed by atoms with Gasteiger partial charge in [0.25, 0.3) is 0 Å². The number of imide groups is 1. The van der Waals surface area contributed by atoms with E-state index in [4.69, 9.17) is 4.74 Å². The largest absolute Gasteiger partial charge is 0.497 e. The van der Waals surface area contributed by atoms with Gasteiger partial charge in [0.1, 0.15) is 5.75 Å². The molecule has 7 nitrogen and oxygen atoms in total. The van der Waals surface area contributed by atoms with Crippen LogP contribution in [0, 0.1) is 0 Å². The van der Waals surface area contributed by atoms with Gasteiger partial charge in [0, 0.05) is 12.3 Å². The Morgan fingerprint density at radius 2 is 1.84 bits per heavy atom. The highest BCUT2D eigenvalue weighted by molar-refractivity contribution is 8.03. The van der Waals surface area contributed by atoms with Crippen LogP contribution in [0.5, 0.6) is 5.75 Å². The number of aromatic nitrogens is 2. The number of carbonyl (C=O) groups excluding carboxylic acids is 2. The number of benzene rings is 1. The van der Waals surface area contributed by atoms with E-state index in [0.29, 0.717) is 10.9 Å². The molecule has 2 N–H and O–H groups in total. The van der Waals surface area contributed by atoms with E-state index in [2.05, 4.69) is 20.8 Å². The van der Waals surface area contributed by atoms with Gasteiger partial charge in [-0.3, -0.25) is 10.1 Å². The van der Waals surface area contributed by atoms with Crippen molar-refractivity contribution < 1.29 is 14.3 Å². The second-order valence-corrected chi connectivity index (χ2v) is 8.09. The maximum absolute atomic E-state index is 11.6. The summed E-state index contributed by atoms with van der Waals surface area (Å²) in [7, 11) is 1.64. The molecule has 0 aliphatic heterocycles. The molecule has 0 unspecified atom stereocenters. The van der Waals surface area contributed by atoms with Crippen LogP contribution in [0.3, 0.4) is 0 Å². The number of rotatable bonds is 8. The predicted molar refractivity (Wildman–Crippen MR) is 100 cm³/mol. The molecule has 0 saturated carbocycles. The van der Waals surface area contributed by atoms with Crippen LogP contribution in [0.2, 0.25) is 0 Å². The van der Waals surface area contributed by atoms with Crippen molar-refractivity contribution in [1.82, 2.24) is 20.8 Å². The monoisotopic (exact) mass is 398 g/mol. The van der Waals surface area contributed by atoms with Gasteiger partial charge in [0.15, 0.2) is 8.68 Å². The summed E-state index contributed by atoms with van der Waals surface area (Å²) in [5.74, 6) is 1.36. The molecule has 0 aliphatic carbocycles. The van der Waals surface area contributed by atoms with Gasteiger partial charge in [0.05, 0.1) is 12.9 Å². The average molecular weight is 399 g/mol. The third-order valence-electron chi connectivity index (χ3n) is 2.83. The lowest BCUT2D eigenvalue weighted by molar-refractivity contribution is -0.117. The number of carbonyl (C=O) groups is 2. The second kappa shape index (κ2) is 10.3. The molecule has 134 valence electrons. The molecule has 1 aromatic heterocycles. The Morgan fingerprint density at radius 1 is 1.16 bits per heavy atom. The molecular formula is C15H18N4O3S3. The van der Waals surface area contributed by atoms with Crippen molar-refractivity contribution in [3.05, 3.63) is 29.8 Å². The lowest BCUT2D eigenvalue weighted by Gasteiger charge is -2.02. The lowest BCUT2D eigenvalue weighted by Crippen LogP contribution is -2.40. The number of hydrogen-bond donors (Lipinski definition) is 2. The van der Waals surface area contributed by atoms with Crippen LogP contribution in [-0.4, -0.2) is 41.5 Å². The molecule has 1 heterocycles. The first-order valence-electron chi connectivity index (χ1n) is 7.40. The molecule has 0 fully saturated rings. The molecule has 1 aromatic carbocycles. The van der Waals surface area contributed by atoms with Crippen molar-refractivity contribution in [2.75, 3.05) is 19.4 Å². The molecular weight excluding hydrogens is 380 g/mol. The fourth-order valence-corrected chi connectivity index (χ4v) is 4.45. The topological polar surface area (TPSA) is 93.2 Å². The SMILES string of the molecule is CCNC(=O)NC(=O)CSc1nnc(SCc2ccc(OC)cc2)s1. The van der Waals surface area contributed by atoms with E-state index in [1.807, 2.05) is 24.3 Å². The minimum absolute atomic E-state index is 0.120. The standard InChI is InChI=1S/C15H18N4O3S3/c1-3-16-13(21)17-12(20)9-24-15-19-18-14(25-15)23-8-10-4-6-11(22-2)7-5-10/h4-7H,3,8-9H2,1-2H3,(H2,16,17,20,21). The zero-order valence-electron chi connectivity index (χ0n) is 13.8. The Balaban J connectivity index is 1.75.